The zero-order valence-corrected chi connectivity index (χ0v) is 23.7. The van der Waals surface area contributed by atoms with E-state index < -0.39 is 11.9 Å². The lowest BCUT2D eigenvalue weighted by atomic mass is 10.0. The number of carbonyl (C=O) groups is 3. The number of hydrogen-bond acceptors (Lipinski definition) is 3. The molecule has 1 aliphatic rings. The molecule has 3 amide bonds. The first-order chi connectivity index (χ1) is 19.2. The third kappa shape index (κ3) is 5.55. The van der Waals surface area contributed by atoms with Crippen molar-refractivity contribution in [3.05, 3.63) is 112 Å². The molecule has 0 radical (unpaired) electrons. The first-order valence-electron chi connectivity index (χ1n) is 13.1. The second-order valence-electron chi connectivity index (χ2n) is 10.2. The van der Waals surface area contributed by atoms with Gasteiger partial charge in [0.2, 0.25) is 11.8 Å². The summed E-state index contributed by atoms with van der Waals surface area (Å²) < 4.78 is 0. The number of benzene rings is 4. The number of anilines is 1. The molecule has 8 heteroatoms. The molecular formula is C32H29Cl2N3O3. The molecule has 1 N–H and O–H groups in total. The summed E-state index contributed by atoms with van der Waals surface area (Å²) in [7, 11) is 0. The fourth-order valence-electron chi connectivity index (χ4n) is 5.15. The molecule has 4 aromatic carbocycles. The lowest BCUT2D eigenvalue weighted by Crippen LogP contribution is -2.54. The molecule has 5 rings (SSSR count). The first-order valence-corrected chi connectivity index (χ1v) is 13.9. The topological polar surface area (TPSA) is 69.7 Å². The van der Waals surface area contributed by atoms with Crippen LogP contribution in [0.4, 0.5) is 5.69 Å². The summed E-state index contributed by atoms with van der Waals surface area (Å²) in [4.78, 5) is 44.3. The van der Waals surface area contributed by atoms with Crippen molar-refractivity contribution in [2.24, 2.45) is 0 Å². The first kappa shape index (κ1) is 27.7. The lowest BCUT2D eigenvalue weighted by Gasteiger charge is -2.33. The average molecular weight is 575 g/mol. The highest BCUT2D eigenvalue weighted by atomic mass is 35.5. The highest BCUT2D eigenvalue weighted by Crippen LogP contribution is 2.37. The van der Waals surface area contributed by atoms with Crippen molar-refractivity contribution in [2.45, 2.75) is 38.9 Å². The highest BCUT2D eigenvalue weighted by molar-refractivity contribution is 6.36. The van der Waals surface area contributed by atoms with Crippen LogP contribution in [0.5, 0.6) is 0 Å². The third-order valence-electron chi connectivity index (χ3n) is 7.03. The van der Waals surface area contributed by atoms with E-state index in [1.165, 1.54) is 9.80 Å². The molecule has 0 saturated carbocycles. The van der Waals surface area contributed by atoms with E-state index in [4.69, 9.17) is 23.2 Å². The van der Waals surface area contributed by atoms with Crippen molar-refractivity contribution in [3.63, 3.8) is 0 Å². The van der Waals surface area contributed by atoms with E-state index >= 15 is 0 Å². The molecule has 1 aliphatic heterocycles. The van der Waals surface area contributed by atoms with Crippen LogP contribution in [-0.2, 0) is 22.6 Å². The highest BCUT2D eigenvalue weighted by Gasteiger charge is 2.36. The Bertz CT molecular complexity index is 1560. The molecule has 0 saturated heterocycles. The second-order valence-corrected chi connectivity index (χ2v) is 11.0. The number of nitrogens with one attached hydrogen (secondary N) is 1. The van der Waals surface area contributed by atoms with Gasteiger partial charge in [-0.2, -0.15) is 0 Å². The van der Waals surface area contributed by atoms with Gasteiger partial charge in [0.1, 0.15) is 12.6 Å². The van der Waals surface area contributed by atoms with Gasteiger partial charge in [-0.3, -0.25) is 19.3 Å². The van der Waals surface area contributed by atoms with E-state index in [9.17, 15) is 14.4 Å². The van der Waals surface area contributed by atoms with Crippen molar-refractivity contribution in [1.29, 1.82) is 0 Å². The Hall–Kier alpha value is -3.87. The van der Waals surface area contributed by atoms with Crippen LogP contribution >= 0.6 is 23.2 Å². The minimum atomic E-state index is -0.875. The lowest BCUT2D eigenvalue weighted by molar-refractivity contribution is -0.140. The van der Waals surface area contributed by atoms with Crippen LogP contribution < -0.4 is 10.2 Å². The fraction of sp³-hybridized carbons (Fsp3) is 0.219. The Balaban J connectivity index is 1.54. The van der Waals surface area contributed by atoms with Crippen LogP contribution in [0.25, 0.3) is 10.8 Å². The molecule has 4 aromatic rings. The molecule has 40 heavy (non-hydrogen) atoms. The van der Waals surface area contributed by atoms with Crippen LogP contribution in [0.3, 0.4) is 0 Å². The maximum Gasteiger partial charge on any atom is 0.259 e. The maximum absolute atomic E-state index is 14.2. The number of nitrogens with zero attached hydrogens (tertiary/aromatic N) is 2. The van der Waals surface area contributed by atoms with Gasteiger partial charge in [-0.25, -0.2) is 0 Å². The standard InChI is InChI=1S/C32H29Cl2N3O3/c1-20(2)35-31(39)28(17-21-9-4-3-5-10-21)36(18-24-25(33)14-8-15-26(24)34)29(38)19-37-27-16-7-12-22-11-6-13-23(30(22)27)32(37)40/h3-16,20,28H,17-19H2,1-2H3,(H,35,39)/t28-/m1/s1. The predicted molar refractivity (Wildman–Crippen MR) is 160 cm³/mol. The molecule has 0 aromatic heterocycles. The summed E-state index contributed by atoms with van der Waals surface area (Å²) in [5, 5.41) is 5.50. The van der Waals surface area contributed by atoms with E-state index in [0.717, 1.165) is 16.3 Å². The van der Waals surface area contributed by atoms with Crippen molar-refractivity contribution in [2.75, 3.05) is 11.4 Å². The van der Waals surface area contributed by atoms with E-state index in [1.807, 2.05) is 74.5 Å². The summed E-state index contributed by atoms with van der Waals surface area (Å²) in [6, 6.07) is 24.8. The second kappa shape index (κ2) is 11.7. The van der Waals surface area contributed by atoms with Crippen LogP contribution in [0.2, 0.25) is 10.0 Å². The Morgan fingerprint density at radius 2 is 1.52 bits per heavy atom. The van der Waals surface area contributed by atoms with Gasteiger partial charge in [-0.15, -0.1) is 0 Å². The van der Waals surface area contributed by atoms with E-state index in [2.05, 4.69) is 5.32 Å². The molecular weight excluding hydrogens is 545 g/mol. The van der Waals surface area contributed by atoms with Gasteiger partial charge in [0.25, 0.3) is 5.91 Å². The van der Waals surface area contributed by atoms with Crippen LogP contribution in [0.1, 0.15) is 35.3 Å². The van der Waals surface area contributed by atoms with Crippen molar-refractivity contribution >= 4 is 57.4 Å². The van der Waals surface area contributed by atoms with Gasteiger partial charge in [0.15, 0.2) is 0 Å². The number of halogens is 2. The minimum absolute atomic E-state index is 0.000462. The summed E-state index contributed by atoms with van der Waals surface area (Å²) in [6.45, 7) is 3.50. The number of carbonyl (C=O) groups excluding carboxylic acids is 3. The molecule has 0 unspecified atom stereocenters. The van der Waals surface area contributed by atoms with Gasteiger partial charge >= 0.3 is 0 Å². The summed E-state index contributed by atoms with van der Waals surface area (Å²) in [5.74, 6) is -0.940. The largest absolute Gasteiger partial charge is 0.352 e. The molecule has 0 spiro atoms. The number of hydrogen-bond donors (Lipinski definition) is 1. The minimum Gasteiger partial charge on any atom is -0.352 e. The predicted octanol–water partition coefficient (Wildman–Crippen LogP) is 6.27. The summed E-state index contributed by atoms with van der Waals surface area (Å²) in [6.07, 6.45) is 0.275. The van der Waals surface area contributed by atoms with E-state index in [0.29, 0.717) is 26.9 Å². The molecule has 204 valence electrons. The fourth-order valence-corrected chi connectivity index (χ4v) is 5.67. The van der Waals surface area contributed by atoms with Crippen LogP contribution in [-0.4, -0.2) is 41.2 Å². The normalized spacial score (nSPS) is 13.1. The molecule has 0 aliphatic carbocycles. The zero-order valence-electron chi connectivity index (χ0n) is 22.2. The SMILES string of the molecule is CC(C)NC(=O)[C@@H](Cc1ccccc1)N(Cc1c(Cl)cccc1Cl)C(=O)CN1C(=O)c2cccc3cccc1c23. The molecule has 0 fully saturated rings. The van der Waals surface area contributed by atoms with Crippen molar-refractivity contribution in [3.8, 4) is 0 Å². The Morgan fingerprint density at radius 3 is 2.20 bits per heavy atom. The van der Waals surface area contributed by atoms with Gasteiger partial charge in [-0.1, -0.05) is 83.9 Å². The number of amides is 3. The third-order valence-corrected chi connectivity index (χ3v) is 7.74. The van der Waals surface area contributed by atoms with Gasteiger partial charge in [0, 0.05) is 45.6 Å². The zero-order chi connectivity index (χ0) is 28.4. The molecule has 0 bridgehead atoms. The average Bonchev–Trinajstić information content (AvgIpc) is 3.20. The van der Waals surface area contributed by atoms with Gasteiger partial charge in [0.05, 0.1) is 5.69 Å². The van der Waals surface area contributed by atoms with E-state index in [-0.39, 0.29) is 37.4 Å². The van der Waals surface area contributed by atoms with E-state index in [1.54, 1.807) is 24.3 Å². The number of rotatable bonds is 9. The monoisotopic (exact) mass is 573 g/mol. The van der Waals surface area contributed by atoms with Crippen molar-refractivity contribution in [1.82, 2.24) is 10.2 Å². The van der Waals surface area contributed by atoms with Crippen molar-refractivity contribution < 1.29 is 14.4 Å². The quantitative estimate of drug-likeness (QED) is 0.256. The maximum atomic E-state index is 14.2. The smallest absolute Gasteiger partial charge is 0.259 e. The van der Waals surface area contributed by atoms with Gasteiger partial charge in [-0.05, 0) is 49.1 Å². The van der Waals surface area contributed by atoms with Crippen LogP contribution in [0.15, 0.2) is 84.9 Å². The Morgan fingerprint density at radius 1 is 0.875 bits per heavy atom. The summed E-state index contributed by atoms with van der Waals surface area (Å²) >= 11 is 13.1. The molecule has 1 heterocycles. The molecule has 6 nitrogen and oxygen atoms in total. The van der Waals surface area contributed by atoms with Gasteiger partial charge < -0.3 is 10.2 Å². The Labute approximate surface area is 243 Å². The Kier molecular flexibility index (Phi) is 8.10. The summed E-state index contributed by atoms with van der Waals surface area (Å²) in [5.41, 5.74) is 2.66. The van der Waals surface area contributed by atoms with Crippen LogP contribution in [0, 0.1) is 0 Å². The molecule has 1 atom stereocenters.